The van der Waals surface area contributed by atoms with Crippen LogP contribution in [-0.4, -0.2) is 67.7 Å². The summed E-state index contributed by atoms with van der Waals surface area (Å²) < 4.78 is 29.3. The van der Waals surface area contributed by atoms with Gasteiger partial charge in [0, 0.05) is 59.2 Å². The quantitative estimate of drug-likeness (QED) is 0.309. The molecule has 0 aromatic heterocycles. The molecule has 3 aromatic rings. The van der Waals surface area contributed by atoms with Crippen LogP contribution in [0.15, 0.2) is 86.6 Å². The van der Waals surface area contributed by atoms with Gasteiger partial charge in [-0.15, -0.1) is 0 Å². The van der Waals surface area contributed by atoms with Crippen molar-refractivity contribution >= 4 is 59.4 Å². The predicted octanol–water partition coefficient (Wildman–Crippen LogP) is 6.20. The Labute approximate surface area is 252 Å². The molecule has 1 unspecified atom stereocenters. The van der Waals surface area contributed by atoms with Crippen LogP contribution >= 0.6 is 43.5 Å². The van der Waals surface area contributed by atoms with Crippen molar-refractivity contribution in [2.24, 2.45) is 5.92 Å². The van der Waals surface area contributed by atoms with Gasteiger partial charge in [-0.05, 0) is 70.2 Å². The summed E-state index contributed by atoms with van der Waals surface area (Å²) in [6.07, 6.45) is 1.06. The summed E-state index contributed by atoms with van der Waals surface area (Å²) in [5.74, 6) is -0.0202. The van der Waals surface area contributed by atoms with Gasteiger partial charge < -0.3 is 4.90 Å². The minimum absolute atomic E-state index is 0.0894. The molecule has 10 heteroatoms. The van der Waals surface area contributed by atoms with E-state index in [0.29, 0.717) is 53.0 Å². The summed E-state index contributed by atoms with van der Waals surface area (Å²) in [6, 6.07) is 23.6. The number of hydrogen-bond donors (Lipinski definition) is 0. The monoisotopic (exact) mass is 693 g/mol. The lowest BCUT2D eigenvalue weighted by Gasteiger charge is -2.41. The minimum atomic E-state index is -3.64. The molecule has 2 aliphatic rings. The highest BCUT2D eigenvalue weighted by Crippen LogP contribution is 2.33. The second-order valence-electron chi connectivity index (χ2n) is 9.98. The van der Waals surface area contributed by atoms with Crippen molar-refractivity contribution in [2.45, 2.75) is 23.8 Å². The van der Waals surface area contributed by atoms with E-state index < -0.39 is 10.0 Å². The lowest BCUT2D eigenvalue weighted by Crippen LogP contribution is -2.52. The van der Waals surface area contributed by atoms with Crippen LogP contribution in [-0.2, 0) is 14.8 Å². The number of carbonyl (C=O) groups excluding carboxylic acids is 1. The van der Waals surface area contributed by atoms with Crippen molar-refractivity contribution in [3.63, 3.8) is 0 Å². The maximum atomic E-state index is 13.4. The summed E-state index contributed by atoms with van der Waals surface area (Å²) >= 11 is 12.9. The van der Waals surface area contributed by atoms with Gasteiger partial charge in [0.15, 0.2) is 0 Å². The number of piperidine rings is 1. The summed E-state index contributed by atoms with van der Waals surface area (Å²) in [7, 11) is -3.64. The molecule has 2 saturated heterocycles. The number of hydrogen-bond acceptors (Lipinski definition) is 4. The standard InChI is InChI=1S/C29H30Br2ClN3O3S/c30-24-8-11-26(31)27(20-24)39(37,38)35-14-12-23(13-15-35)29(36)34-18-16-33(17-19-34)28(21-4-2-1-3-5-21)22-6-9-25(32)10-7-22/h1-11,20,23,28H,12-19H2. The molecule has 1 atom stereocenters. The third-order valence-electron chi connectivity index (χ3n) is 7.61. The first-order chi connectivity index (χ1) is 18.7. The maximum absolute atomic E-state index is 13.4. The molecule has 0 aliphatic carbocycles. The van der Waals surface area contributed by atoms with Gasteiger partial charge in [0.2, 0.25) is 15.9 Å². The summed E-state index contributed by atoms with van der Waals surface area (Å²) in [5, 5.41) is 0.712. The molecule has 0 bridgehead atoms. The Hall–Kier alpha value is -1.75. The normalized spacial score (nSPS) is 18.7. The molecule has 206 valence electrons. The summed E-state index contributed by atoms with van der Waals surface area (Å²) in [5.41, 5.74) is 2.39. The van der Waals surface area contributed by atoms with E-state index in [1.807, 2.05) is 23.1 Å². The highest BCUT2D eigenvalue weighted by atomic mass is 79.9. The van der Waals surface area contributed by atoms with E-state index in [1.165, 1.54) is 15.4 Å². The molecule has 39 heavy (non-hydrogen) atoms. The first-order valence-electron chi connectivity index (χ1n) is 13.0. The molecule has 2 heterocycles. The Bertz CT molecular complexity index is 1410. The van der Waals surface area contributed by atoms with Crippen LogP contribution in [0.25, 0.3) is 0 Å². The molecule has 3 aromatic carbocycles. The van der Waals surface area contributed by atoms with Crippen LogP contribution in [0.2, 0.25) is 5.02 Å². The molecule has 5 rings (SSSR count). The highest BCUT2D eigenvalue weighted by Gasteiger charge is 2.36. The van der Waals surface area contributed by atoms with Crippen molar-refractivity contribution in [2.75, 3.05) is 39.3 Å². The Balaban J connectivity index is 1.21. The average Bonchev–Trinajstić information content (AvgIpc) is 2.96. The van der Waals surface area contributed by atoms with Crippen molar-refractivity contribution in [3.8, 4) is 0 Å². The van der Waals surface area contributed by atoms with Crippen LogP contribution < -0.4 is 0 Å². The molecular weight excluding hydrogens is 666 g/mol. The van der Waals surface area contributed by atoms with Crippen molar-refractivity contribution in [3.05, 3.63) is 97.9 Å². The van der Waals surface area contributed by atoms with Gasteiger partial charge in [-0.3, -0.25) is 9.69 Å². The van der Waals surface area contributed by atoms with Gasteiger partial charge in [-0.25, -0.2) is 8.42 Å². The third kappa shape index (κ3) is 6.44. The van der Waals surface area contributed by atoms with E-state index in [4.69, 9.17) is 11.6 Å². The first-order valence-corrected chi connectivity index (χ1v) is 16.4. The number of carbonyl (C=O) groups is 1. The van der Waals surface area contributed by atoms with Crippen molar-refractivity contribution in [1.29, 1.82) is 0 Å². The van der Waals surface area contributed by atoms with E-state index in [2.05, 4.69) is 73.2 Å². The molecule has 0 radical (unpaired) electrons. The van der Waals surface area contributed by atoms with Gasteiger partial charge in [-0.2, -0.15) is 4.31 Å². The largest absolute Gasteiger partial charge is 0.340 e. The molecule has 2 fully saturated rings. The lowest BCUT2D eigenvalue weighted by atomic mass is 9.95. The van der Waals surface area contributed by atoms with Crippen LogP contribution in [0, 0.1) is 5.92 Å². The molecule has 2 aliphatic heterocycles. The number of piperazine rings is 1. The van der Waals surface area contributed by atoms with Gasteiger partial charge in [0.1, 0.15) is 0 Å². The zero-order chi connectivity index (χ0) is 27.6. The van der Waals surface area contributed by atoms with E-state index in [1.54, 1.807) is 18.2 Å². The number of halogens is 3. The number of sulfonamides is 1. The van der Waals surface area contributed by atoms with Crippen LogP contribution in [0.5, 0.6) is 0 Å². The second-order valence-corrected chi connectivity index (χ2v) is 14.1. The van der Waals surface area contributed by atoms with Crippen molar-refractivity contribution in [1.82, 2.24) is 14.1 Å². The second kappa shape index (κ2) is 12.4. The van der Waals surface area contributed by atoms with Gasteiger partial charge in [-0.1, -0.05) is 70.0 Å². The highest BCUT2D eigenvalue weighted by molar-refractivity contribution is 9.11. The summed E-state index contributed by atoms with van der Waals surface area (Å²) in [4.78, 5) is 18.1. The van der Waals surface area contributed by atoms with Gasteiger partial charge >= 0.3 is 0 Å². The molecule has 1 amide bonds. The van der Waals surface area contributed by atoms with Crippen molar-refractivity contribution < 1.29 is 13.2 Å². The van der Waals surface area contributed by atoms with Gasteiger partial charge in [0.25, 0.3) is 0 Å². The lowest BCUT2D eigenvalue weighted by molar-refractivity contribution is -0.138. The Morgan fingerprint density at radius 3 is 2.08 bits per heavy atom. The van der Waals surface area contributed by atoms with E-state index in [-0.39, 0.29) is 22.8 Å². The Morgan fingerprint density at radius 1 is 0.821 bits per heavy atom. The number of rotatable bonds is 6. The summed E-state index contributed by atoms with van der Waals surface area (Å²) in [6.45, 7) is 3.50. The number of nitrogens with zero attached hydrogens (tertiary/aromatic N) is 3. The number of benzene rings is 3. The molecule has 6 nitrogen and oxygen atoms in total. The van der Waals surface area contributed by atoms with Crippen LogP contribution in [0.4, 0.5) is 0 Å². The maximum Gasteiger partial charge on any atom is 0.244 e. The zero-order valence-corrected chi connectivity index (χ0v) is 26.1. The topological polar surface area (TPSA) is 60.9 Å². The predicted molar refractivity (Wildman–Crippen MR) is 161 cm³/mol. The minimum Gasteiger partial charge on any atom is -0.340 e. The molecule has 0 spiro atoms. The Kier molecular flexibility index (Phi) is 9.15. The SMILES string of the molecule is O=C(C1CCN(S(=O)(=O)c2cc(Br)ccc2Br)CC1)N1CCN(C(c2ccccc2)c2ccc(Cl)cc2)CC1. The molecular formula is C29H30Br2ClN3O3S. The van der Waals surface area contributed by atoms with Crippen LogP contribution in [0.3, 0.4) is 0 Å². The first kappa shape index (κ1) is 28.8. The Morgan fingerprint density at radius 2 is 1.44 bits per heavy atom. The molecule has 0 saturated carbocycles. The zero-order valence-electron chi connectivity index (χ0n) is 21.3. The fraction of sp³-hybridized carbons (Fsp3) is 0.345. The van der Waals surface area contributed by atoms with Crippen LogP contribution in [0.1, 0.15) is 30.0 Å². The van der Waals surface area contributed by atoms with E-state index in [9.17, 15) is 13.2 Å². The van der Waals surface area contributed by atoms with E-state index in [0.717, 1.165) is 13.1 Å². The van der Waals surface area contributed by atoms with E-state index >= 15 is 0 Å². The smallest absolute Gasteiger partial charge is 0.244 e. The van der Waals surface area contributed by atoms with Gasteiger partial charge in [0.05, 0.1) is 10.9 Å². The fourth-order valence-corrected chi connectivity index (χ4v) is 8.57. The molecule has 0 N–H and O–H groups in total. The number of amides is 1. The average molecular weight is 696 g/mol. The third-order valence-corrected chi connectivity index (χ3v) is 11.2. The fourth-order valence-electron chi connectivity index (χ4n) is 5.51.